The summed E-state index contributed by atoms with van der Waals surface area (Å²) in [7, 11) is 12.7. The number of hydrogen-bond acceptors (Lipinski definition) is 19. The van der Waals surface area contributed by atoms with Crippen LogP contribution in [0.3, 0.4) is 0 Å². The van der Waals surface area contributed by atoms with Crippen molar-refractivity contribution in [3.8, 4) is 0 Å². The molecule has 8 atom stereocenters. The van der Waals surface area contributed by atoms with Gasteiger partial charge in [0.2, 0.25) is 5.78 Å². The summed E-state index contributed by atoms with van der Waals surface area (Å²) >= 11 is 5.38. The molecule has 24 heteroatoms. The van der Waals surface area contributed by atoms with Crippen LogP contribution in [-0.4, -0.2) is 167 Å². The molecular formula is C73H101BN14NaO5S3. The molecule has 3 radical (unpaired) electrons. The molecule has 19 nitrogen and oxygen atoms in total. The molecule has 97 heavy (non-hydrogen) atoms. The van der Waals surface area contributed by atoms with Crippen LogP contribution in [0.25, 0.3) is 30.6 Å². The predicted molar refractivity (Wildman–Crippen MR) is 399 cm³/mol. The molecule has 515 valence electrons. The zero-order valence-electron chi connectivity index (χ0n) is 60.7. The fourth-order valence-corrected chi connectivity index (χ4v) is 14.8. The summed E-state index contributed by atoms with van der Waals surface area (Å²) in [5.41, 5.74) is 22.4. The van der Waals surface area contributed by atoms with Crippen LogP contribution >= 0.6 is 34.0 Å². The van der Waals surface area contributed by atoms with Gasteiger partial charge in [0.05, 0.1) is 63.6 Å². The number of nitrogens with zero attached hydrogens (tertiary/aromatic N) is 10. The number of aryl methyl sites for hydroxylation is 2. The van der Waals surface area contributed by atoms with Crippen molar-refractivity contribution in [2.75, 3.05) is 78.7 Å². The minimum Gasteiger partial charge on any atom is -1.00 e. The summed E-state index contributed by atoms with van der Waals surface area (Å²) in [5.74, 6) is -0.743. The van der Waals surface area contributed by atoms with Crippen molar-refractivity contribution in [2.45, 2.75) is 163 Å². The second kappa shape index (κ2) is 37.4. The fourth-order valence-electron chi connectivity index (χ4n) is 11.6. The first kappa shape index (κ1) is 79.9. The Balaban J connectivity index is 0.000000245. The molecule has 0 aliphatic carbocycles. The topological polar surface area (TPSA) is 254 Å². The molecule has 0 saturated carbocycles. The van der Waals surface area contributed by atoms with E-state index in [0.29, 0.717) is 72.4 Å². The third-order valence-electron chi connectivity index (χ3n) is 18.6. The number of amides is 2. The molecule has 5 aromatic heterocycles. The number of Topliss-reactive ketones (excluding diaryl/α,β-unsaturated/α-hetero) is 1. The van der Waals surface area contributed by atoms with Crippen LogP contribution < -0.4 is 51.7 Å². The number of thiazole rings is 3. The van der Waals surface area contributed by atoms with Gasteiger partial charge in [-0.3, -0.25) is 19.4 Å². The van der Waals surface area contributed by atoms with E-state index in [1.54, 1.807) is 28.4 Å². The van der Waals surface area contributed by atoms with Gasteiger partial charge in [-0.15, -0.1) is 34.0 Å². The van der Waals surface area contributed by atoms with Gasteiger partial charge in [0.1, 0.15) is 11.6 Å². The second-order valence-corrected chi connectivity index (χ2v) is 30.3. The molecule has 2 unspecified atom stereocenters. The van der Waals surface area contributed by atoms with Gasteiger partial charge in [-0.1, -0.05) is 58.9 Å². The summed E-state index contributed by atoms with van der Waals surface area (Å²) < 4.78 is 3.74. The number of nitrogens with one attached hydrogen (secondary N) is 2. The van der Waals surface area contributed by atoms with Crippen molar-refractivity contribution >= 4 is 120 Å². The number of benzene rings is 3. The van der Waals surface area contributed by atoms with E-state index in [2.05, 4.69) is 174 Å². The fraction of sp³-hybridized carbons (Fsp3) is 0.507. The molecule has 2 amide bonds. The summed E-state index contributed by atoms with van der Waals surface area (Å²) in [4.78, 5) is 83.4. The number of carbonyl (C=O) groups excluding carboxylic acids is 3. The van der Waals surface area contributed by atoms with Crippen molar-refractivity contribution in [1.82, 2.24) is 49.8 Å². The Hall–Kier alpha value is -6.12. The number of pyridine rings is 2. The van der Waals surface area contributed by atoms with Gasteiger partial charge >= 0.3 is 47.3 Å². The Morgan fingerprint density at radius 3 is 1.67 bits per heavy atom. The zero-order chi connectivity index (χ0) is 68.8. The summed E-state index contributed by atoms with van der Waals surface area (Å²) in [6, 6.07) is 25.0. The molecule has 0 bridgehead atoms. The molecule has 2 fully saturated rings. The Bertz CT molecular complexity index is 3970. The van der Waals surface area contributed by atoms with Crippen LogP contribution in [0, 0.1) is 17.8 Å². The Labute approximate surface area is 611 Å². The number of piperidine rings is 2. The largest absolute Gasteiger partial charge is 1.00 e. The number of hydrogen-bond donors (Lipinski definition) is 5. The van der Waals surface area contributed by atoms with E-state index in [4.69, 9.17) is 36.5 Å². The Morgan fingerprint density at radius 1 is 0.660 bits per heavy atom. The first-order chi connectivity index (χ1) is 45.2. The maximum absolute atomic E-state index is 13.4. The number of likely N-dealkylation sites (N-methyl/N-ethyl adjacent to an activating group) is 3. The standard InChI is InChI=1S/C27H36N6O2S.C18H27N3S.C18H25N3S.C10H12N2O3.B.Na.H/c1-6-18-12-20(14-29-25(18)28)30-26(34)27(35)33-15-16(2)7-9-22(33)19-8-10-23-21(13-19)31-24(36-23)11-17(3)32(4)5;2*1-12-5-7-15(19-11-12)14-6-8-17-16(10-14)20-18(22-17)9-13(2)21(3)4;1-2-7-3-6(5-12-9(7)11)4-8(13)10(14)15;;;/h8,10,12-14,16-17,22H,6-7,9,11,15H2,1-5H3,(H2,28,29)(H,30,34);6,8,10,12-13,15,19H,5,7,9,11H2,1-4H3;6,8,10,12-13H,5,7,9,11H2,1-4H3;3,5H,2,4H2,1H3,(H2,11,12)(H,14,15);;;/q;;;;;+1;-1/t16-,17+,22+;12-,13?,15+;12-,13?;;;;/m000..../s1. The van der Waals surface area contributed by atoms with Crippen LogP contribution in [0.1, 0.15) is 156 Å². The van der Waals surface area contributed by atoms with Gasteiger partial charge in [0.15, 0.2) is 0 Å². The smallest absolute Gasteiger partial charge is 1.00 e. The van der Waals surface area contributed by atoms with Crippen molar-refractivity contribution in [1.29, 1.82) is 0 Å². The van der Waals surface area contributed by atoms with Crippen LogP contribution in [0.15, 0.2) is 84.1 Å². The maximum atomic E-state index is 13.4. The second-order valence-electron chi connectivity index (χ2n) is 27.0. The van der Waals surface area contributed by atoms with Crippen molar-refractivity contribution < 1.29 is 55.3 Å². The molecule has 3 aliphatic rings. The van der Waals surface area contributed by atoms with E-state index < -0.39 is 23.6 Å². The number of anilines is 3. The van der Waals surface area contributed by atoms with Crippen molar-refractivity contribution in [2.24, 2.45) is 22.7 Å². The van der Waals surface area contributed by atoms with Gasteiger partial charge < -0.3 is 48.2 Å². The minimum atomic E-state index is -1.43. The molecule has 3 aliphatic heterocycles. The average Bonchev–Trinajstić information content (AvgIpc) is 1.48. The van der Waals surface area contributed by atoms with Crippen molar-refractivity contribution in [3.05, 3.63) is 128 Å². The van der Waals surface area contributed by atoms with Gasteiger partial charge in [0, 0.05) is 83.3 Å². The zero-order valence-corrected chi connectivity index (χ0v) is 64.2. The van der Waals surface area contributed by atoms with Gasteiger partial charge in [-0.25, -0.2) is 29.7 Å². The third-order valence-corrected chi connectivity index (χ3v) is 21.8. The van der Waals surface area contributed by atoms with Crippen LogP contribution in [0.2, 0.25) is 0 Å². The predicted octanol–water partition coefficient (Wildman–Crippen LogP) is 9.28. The first-order valence-electron chi connectivity index (χ1n) is 33.6. The minimum absolute atomic E-state index is 0. The summed E-state index contributed by atoms with van der Waals surface area (Å²) in [5, 5.41) is 18.4. The number of carbonyl (C=O) groups is 4. The molecule has 7 N–H and O–H groups in total. The van der Waals surface area contributed by atoms with E-state index in [1.165, 1.54) is 73.4 Å². The van der Waals surface area contributed by atoms with Crippen LogP contribution in [0.4, 0.5) is 17.3 Å². The summed E-state index contributed by atoms with van der Waals surface area (Å²) in [6.45, 7) is 19.9. The third kappa shape index (κ3) is 22.4. The molecule has 2 saturated heterocycles. The number of aliphatic carboxylic acids is 1. The number of aromatic nitrogens is 5. The van der Waals surface area contributed by atoms with E-state index in [0.717, 1.165) is 101 Å². The number of nitrogens with two attached hydrogens (primary N) is 2. The summed E-state index contributed by atoms with van der Waals surface area (Å²) in [6.07, 6.45) is 13.8. The van der Waals surface area contributed by atoms with Crippen LogP contribution in [-0.2, 0) is 57.7 Å². The van der Waals surface area contributed by atoms with Gasteiger partial charge in [0.25, 0.3) is 0 Å². The Morgan fingerprint density at radius 2 is 1.16 bits per heavy atom. The first-order valence-corrected chi connectivity index (χ1v) is 36.0. The molecular weight excluding hydrogens is 1280 g/mol. The SMILES string of the molecule is CC(Cc1nc2cc(C3=NC[C@@H](C)CC3)ccc2s1)N(C)C.CC(Cc1nc2cc([C@H]3CC[C@H](C)CN3)ccc2s1)N(C)C.CCc1cc(CC(=O)C(=O)O)cnc1N.CCc1cc(NC(=O)C(=O)N2C[C@@H](C)CC[C@@H]2c2ccc3sc(C[C@@H](C)N(C)C)nc3c2)cnc1N.[B].[H-].[Na+]. The van der Waals surface area contributed by atoms with E-state index >= 15 is 0 Å². The number of likely N-dealkylation sites (tertiary alicyclic amines) is 1. The number of aliphatic imine (C=N–C) groups is 1. The van der Waals surface area contributed by atoms with E-state index in [9.17, 15) is 19.2 Å². The number of ketones is 1. The number of rotatable bonds is 18. The Kier molecular flexibility index (Phi) is 30.8. The van der Waals surface area contributed by atoms with Gasteiger partial charge in [-0.05, 0) is 215 Å². The number of nitrogen functional groups attached to an aromatic ring is 2. The van der Waals surface area contributed by atoms with E-state index in [-0.39, 0.29) is 51.9 Å². The molecule has 0 spiro atoms. The van der Waals surface area contributed by atoms with Crippen molar-refractivity contribution in [3.63, 3.8) is 0 Å². The molecule has 8 aromatic rings. The molecule has 3 aromatic carbocycles. The number of carboxylic acid groups (broad SMARTS) is 1. The molecule has 11 rings (SSSR count). The maximum Gasteiger partial charge on any atom is 1.00 e. The van der Waals surface area contributed by atoms with E-state index in [1.807, 2.05) is 36.5 Å². The monoisotopic (exact) mass is 1380 g/mol. The van der Waals surface area contributed by atoms with Crippen LogP contribution in [0.5, 0.6) is 0 Å². The molecule has 8 heterocycles. The number of carboxylic acids is 1. The average molecular weight is 1380 g/mol. The quantitative estimate of drug-likeness (QED) is 0.0396. The normalized spacial score (nSPS) is 18.7. The van der Waals surface area contributed by atoms with Gasteiger partial charge in [-0.2, -0.15) is 0 Å². The number of fused-ring (bicyclic) bond motifs is 3.